The van der Waals surface area contributed by atoms with Crippen molar-refractivity contribution in [2.24, 2.45) is 13.0 Å². The molecule has 0 spiro atoms. The maximum Gasteiger partial charge on any atom is 0.246 e. The van der Waals surface area contributed by atoms with Gasteiger partial charge in [0.2, 0.25) is 15.9 Å². The van der Waals surface area contributed by atoms with Gasteiger partial charge in [-0.25, -0.2) is 8.42 Å². The number of fused-ring (bicyclic) bond motifs is 1. The number of aryl methyl sites for hydroxylation is 1. The van der Waals surface area contributed by atoms with Crippen molar-refractivity contribution in [3.05, 3.63) is 41.7 Å². The standard InChI is InChI=1S/C19H24N4O3S/c1-14-18(12-20-21(14)2)27(25,26)22-10-5-7-16(13-22)19(24)23-11-9-15-6-3-4-8-17(15)23/h3-4,6,8,12,16H,5,7,9-11,13H2,1-2H3/t16-/m0/s1. The Morgan fingerprint density at radius 3 is 2.74 bits per heavy atom. The molecule has 8 heteroatoms. The van der Waals surface area contributed by atoms with Crippen LogP contribution in [0.3, 0.4) is 0 Å². The van der Waals surface area contributed by atoms with E-state index in [1.807, 2.05) is 29.2 Å². The Morgan fingerprint density at radius 2 is 2.00 bits per heavy atom. The molecule has 0 saturated carbocycles. The summed E-state index contributed by atoms with van der Waals surface area (Å²) in [7, 11) is -1.92. The van der Waals surface area contributed by atoms with Crippen LogP contribution in [0, 0.1) is 12.8 Å². The number of piperidine rings is 1. The Hall–Kier alpha value is -2.19. The number of anilines is 1. The van der Waals surface area contributed by atoms with E-state index >= 15 is 0 Å². The molecule has 2 aliphatic heterocycles. The molecule has 1 aromatic carbocycles. The number of aromatic nitrogens is 2. The van der Waals surface area contributed by atoms with Crippen LogP contribution in [-0.4, -0.2) is 48.0 Å². The van der Waals surface area contributed by atoms with Crippen molar-refractivity contribution in [2.45, 2.75) is 31.1 Å². The summed E-state index contributed by atoms with van der Waals surface area (Å²) >= 11 is 0. The Balaban J connectivity index is 1.55. The second-order valence-corrected chi connectivity index (χ2v) is 9.19. The first kappa shape index (κ1) is 18.2. The molecule has 27 heavy (non-hydrogen) atoms. The van der Waals surface area contributed by atoms with Gasteiger partial charge in [-0.15, -0.1) is 0 Å². The van der Waals surface area contributed by atoms with Crippen LogP contribution in [0.25, 0.3) is 0 Å². The molecule has 1 aromatic heterocycles. The van der Waals surface area contributed by atoms with Gasteiger partial charge < -0.3 is 4.90 Å². The maximum atomic E-state index is 13.1. The molecule has 0 radical (unpaired) electrons. The molecule has 2 aliphatic rings. The number of rotatable bonds is 3. The molecule has 1 saturated heterocycles. The Kier molecular flexibility index (Phi) is 4.55. The predicted molar refractivity (Wildman–Crippen MR) is 102 cm³/mol. The zero-order valence-corrected chi connectivity index (χ0v) is 16.4. The summed E-state index contributed by atoms with van der Waals surface area (Å²) in [6.07, 6.45) is 3.65. The molecular formula is C19H24N4O3S. The Morgan fingerprint density at radius 1 is 1.22 bits per heavy atom. The van der Waals surface area contributed by atoms with E-state index in [2.05, 4.69) is 5.10 Å². The van der Waals surface area contributed by atoms with E-state index in [1.165, 1.54) is 16.1 Å². The fourth-order valence-electron chi connectivity index (χ4n) is 4.02. The largest absolute Gasteiger partial charge is 0.312 e. The molecule has 0 bridgehead atoms. The normalized spacial score (nSPS) is 20.7. The van der Waals surface area contributed by atoms with Crippen molar-refractivity contribution in [2.75, 3.05) is 24.5 Å². The van der Waals surface area contributed by atoms with Crippen LogP contribution in [0.5, 0.6) is 0 Å². The summed E-state index contributed by atoms with van der Waals surface area (Å²) in [4.78, 5) is 15.2. The smallest absolute Gasteiger partial charge is 0.246 e. The van der Waals surface area contributed by atoms with Crippen LogP contribution in [0.4, 0.5) is 5.69 Å². The van der Waals surface area contributed by atoms with E-state index in [1.54, 1.807) is 18.7 Å². The van der Waals surface area contributed by atoms with Gasteiger partial charge in [0.25, 0.3) is 0 Å². The quantitative estimate of drug-likeness (QED) is 0.802. The fraction of sp³-hybridized carbons (Fsp3) is 0.474. The molecule has 1 atom stereocenters. The molecule has 0 aliphatic carbocycles. The number of amides is 1. The van der Waals surface area contributed by atoms with Gasteiger partial charge in [0.15, 0.2) is 0 Å². The molecule has 4 rings (SSSR count). The lowest BCUT2D eigenvalue weighted by molar-refractivity contribution is -0.123. The Bertz CT molecular complexity index is 983. The van der Waals surface area contributed by atoms with Crippen molar-refractivity contribution >= 4 is 21.6 Å². The number of carbonyl (C=O) groups is 1. The highest BCUT2D eigenvalue weighted by Gasteiger charge is 2.37. The Labute approximate surface area is 159 Å². The number of sulfonamides is 1. The monoisotopic (exact) mass is 388 g/mol. The molecule has 2 aromatic rings. The highest BCUT2D eigenvalue weighted by molar-refractivity contribution is 7.89. The summed E-state index contributed by atoms with van der Waals surface area (Å²) in [5, 5.41) is 4.06. The third-order valence-corrected chi connectivity index (χ3v) is 7.66. The molecule has 1 fully saturated rings. The summed E-state index contributed by atoms with van der Waals surface area (Å²) in [5.41, 5.74) is 2.75. The molecule has 3 heterocycles. The van der Waals surface area contributed by atoms with Gasteiger partial charge >= 0.3 is 0 Å². The van der Waals surface area contributed by atoms with E-state index in [9.17, 15) is 13.2 Å². The lowest BCUT2D eigenvalue weighted by Crippen LogP contribution is -2.46. The van der Waals surface area contributed by atoms with E-state index in [0.29, 0.717) is 25.2 Å². The molecule has 0 N–H and O–H groups in total. The fourth-order valence-corrected chi connectivity index (χ4v) is 5.73. The van der Waals surface area contributed by atoms with Crippen LogP contribution in [0.2, 0.25) is 0 Å². The summed E-state index contributed by atoms with van der Waals surface area (Å²) < 4.78 is 29.1. The number of para-hydroxylation sites is 1. The molecule has 144 valence electrons. The number of hydrogen-bond donors (Lipinski definition) is 0. The molecule has 1 amide bonds. The minimum absolute atomic E-state index is 0.0303. The zero-order chi connectivity index (χ0) is 19.2. The van der Waals surface area contributed by atoms with Gasteiger partial charge in [-0.3, -0.25) is 9.48 Å². The van der Waals surface area contributed by atoms with E-state index < -0.39 is 10.0 Å². The third-order valence-electron chi connectivity index (χ3n) is 5.69. The van der Waals surface area contributed by atoms with Gasteiger partial charge in [-0.05, 0) is 37.8 Å². The average molecular weight is 388 g/mol. The number of carbonyl (C=O) groups excluding carboxylic acids is 1. The first-order valence-electron chi connectivity index (χ1n) is 9.27. The lowest BCUT2D eigenvalue weighted by Gasteiger charge is -2.33. The van der Waals surface area contributed by atoms with Crippen molar-refractivity contribution in [1.29, 1.82) is 0 Å². The highest BCUT2D eigenvalue weighted by Crippen LogP contribution is 2.32. The summed E-state index contributed by atoms with van der Waals surface area (Å²) in [6, 6.07) is 7.94. The van der Waals surface area contributed by atoms with Crippen LogP contribution in [0.1, 0.15) is 24.1 Å². The van der Waals surface area contributed by atoms with Gasteiger partial charge in [-0.1, -0.05) is 18.2 Å². The first-order chi connectivity index (χ1) is 12.9. The van der Waals surface area contributed by atoms with Gasteiger partial charge in [0.1, 0.15) is 4.90 Å². The minimum Gasteiger partial charge on any atom is -0.312 e. The van der Waals surface area contributed by atoms with Gasteiger partial charge in [0, 0.05) is 32.4 Å². The second kappa shape index (κ2) is 6.76. The minimum atomic E-state index is -3.64. The van der Waals surface area contributed by atoms with Crippen molar-refractivity contribution < 1.29 is 13.2 Å². The second-order valence-electron chi connectivity index (χ2n) is 7.29. The molecule has 0 unspecified atom stereocenters. The van der Waals surface area contributed by atoms with E-state index in [-0.39, 0.29) is 23.3 Å². The average Bonchev–Trinajstić information content (AvgIpc) is 3.25. The zero-order valence-electron chi connectivity index (χ0n) is 15.6. The number of hydrogen-bond acceptors (Lipinski definition) is 4. The first-order valence-corrected chi connectivity index (χ1v) is 10.7. The van der Waals surface area contributed by atoms with Gasteiger partial charge in [0.05, 0.1) is 17.8 Å². The van der Waals surface area contributed by atoms with Gasteiger partial charge in [-0.2, -0.15) is 9.40 Å². The highest BCUT2D eigenvalue weighted by atomic mass is 32.2. The van der Waals surface area contributed by atoms with Crippen LogP contribution in [-0.2, 0) is 28.3 Å². The summed E-state index contributed by atoms with van der Waals surface area (Å²) in [6.45, 7) is 3.09. The van der Waals surface area contributed by atoms with Crippen LogP contribution in [0.15, 0.2) is 35.4 Å². The topological polar surface area (TPSA) is 75.5 Å². The van der Waals surface area contributed by atoms with Crippen molar-refractivity contribution in [3.63, 3.8) is 0 Å². The predicted octanol–water partition coefficient (Wildman–Crippen LogP) is 1.72. The molecule has 7 nitrogen and oxygen atoms in total. The number of nitrogens with zero attached hydrogens (tertiary/aromatic N) is 4. The summed E-state index contributed by atoms with van der Waals surface area (Å²) in [5.74, 6) is -0.278. The van der Waals surface area contributed by atoms with E-state index in [0.717, 1.165) is 18.5 Å². The maximum absolute atomic E-state index is 13.1. The van der Waals surface area contributed by atoms with Crippen molar-refractivity contribution in [3.8, 4) is 0 Å². The lowest BCUT2D eigenvalue weighted by atomic mass is 9.98. The molecular weight excluding hydrogens is 364 g/mol. The van der Waals surface area contributed by atoms with Crippen LogP contribution >= 0.6 is 0 Å². The van der Waals surface area contributed by atoms with Crippen molar-refractivity contribution in [1.82, 2.24) is 14.1 Å². The number of benzene rings is 1. The third kappa shape index (κ3) is 3.06. The van der Waals surface area contributed by atoms with E-state index in [4.69, 9.17) is 0 Å². The van der Waals surface area contributed by atoms with Crippen LogP contribution < -0.4 is 4.90 Å². The SMILES string of the molecule is Cc1c(S(=O)(=O)N2CCC[C@H](C(=O)N3CCc4ccccc43)C2)cnn1C.